The van der Waals surface area contributed by atoms with Gasteiger partial charge in [-0.15, -0.1) is 0 Å². The zero-order chi connectivity index (χ0) is 16.1. The fourth-order valence-corrected chi connectivity index (χ4v) is 2.75. The molecule has 0 aromatic carbocycles. The van der Waals surface area contributed by atoms with Crippen LogP contribution in [0.3, 0.4) is 0 Å². The molecule has 1 fully saturated rings. The maximum atomic E-state index is 12.0. The average molecular weight is 330 g/mol. The first-order valence-corrected chi connectivity index (χ1v) is 8.28. The van der Waals surface area contributed by atoms with Crippen LogP contribution in [0.25, 0.3) is 0 Å². The topological polar surface area (TPSA) is 132 Å². The van der Waals surface area contributed by atoms with Crippen LogP contribution in [0.15, 0.2) is 24.5 Å². The molecule has 4 atom stereocenters. The van der Waals surface area contributed by atoms with Crippen molar-refractivity contribution in [3.8, 4) is 0 Å². The third-order valence-corrected chi connectivity index (χ3v) is 4.05. The van der Waals surface area contributed by atoms with E-state index in [-0.39, 0.29) is 12.6 Å². The smallest absolute Gasteiger partial charge is 0.254 e. The Balaban J connectivity index is 1.97. The zero-order valence-corrected chi connectivity index (χ0v) is 12.6. The molecule has 5 N–H and O–H groups in total. The SMILES string of the molecule is O=C(NC1OC(CCP(O)O)CC(O)C1O)c1cccnc1. The van der Waals surface area contributed by atoms with Crippen molar-refractivity contribution in [2.24, 2.45) is 0 Å². The Hall–Kier alpha value is -1.15. The minimum absolute atomic E-state index is 0.145. The van der Waals surface area contributed by atoms with Crippen LogP contribution in [0.5, 0.6) is 0 Å². The molecule has 1 saturated heterocycles. The zero-order valence-electron chi connectivity index (χ0n) is 11.7. The fourth-order valence-electron chi connectivity index (χ4n) is 2.23. The average Bonchev–Trinajstić information content (AvgIpc) is 2.50. The molecule has 0 aliphatic carbocycles. The van der Waals surface area contributed by atoms with Crippen LogP contribution in [0.1, 0.15) is 23.2 Å². The Kier molecular flexibility index (Phi) is 6.19. The summed E-state index contributed by atoms with van der Waals surface area (Å²) in [5.74, 6) is -0.475. The monoisotopic (exact) mass is 330 g/mol. The van der Waals surface area contributed by atoms with E-state index in [4.69, 9.17) is 14.5 Å². The molecule has 0 spiro atoms. The van der Waals surface area contributed by atoms with Crippen molar-refractivity contribution in [1.29, 1.82) is 0 Å². The van der Waals surface area contributed by atoms with Crippen molar-refractivity contribution >= 4 is 14.3 Å². The summed E-state index contributed by atoms with van der Waals surface area (Å²) < 4.78 is 5.54. The normalized spacial score (nSPS) is 28.6. The molecule has 2 rings (SSSR count). The molecule has 1 aromatic heterocycles. The van der Waals surface area contributed by atoms with Crippen LogP contribution in [0.2, 0.25) is 0 Å². The summed E-state index contributed by atoms with van der Waals surface area (Å²) in [5, 5.41) is 22.3. The van der Waals surface area contributed by atoms with E-state index in [0.717, 1.165) is 0 Å². The lowest BCUT2D eigenvalue weighted by Crippen LogP contribution is -2.56. The number of carbonyl (C=O) groups is 1. The van der Waals surface area contributed by atoms with Gasteiger partial charge in [-0.25, -0.2) is 0 Å². The number of aliphatic hydroxyl groups is 2. The number of hydrogen-bond acceptors (Lipinski definition) is 7. The van der Waals surface area contributed by atoms with Crippen LogP contribution in [-0.4, -0.2) is 61.6 Å². The number of nitrogens with zero attached hydrogens (tertiary/aromatic N) is 1. The number of nitrogens with one attached hydrogen (secondary N) is 1. The van der Waals surface area contributed by atoms with E-state index >= 15 is 0 Å². The van der Waals surface area contributed by atoms with Crippen LogP contribution >= 0.6 is 8.38 Å². The molecule has 0 radical (unpaired) electrons. The third kappa shape index (κ3) is 4.67. The number of pyridine rings is 1. The van der Waals surface area contributed by atoms with Gasteiger partial charge in [0.05, 0.1) is 17.8 Å². The lowest BCUT2D eigenvalue weighted by atomic mass is 10.00. The number of ether oxygens (including phenoxy) is 1. The molecule has 1 aliphatic rings. The van der Waals surface area contributed by atoms with E-state index < -0.39 is 38.8 Å². The van der Waals surface area contributed by atoms with Gasteiger partial charge in [-0.05, 0) is 18.6 Å². The van der Waals surface area contributed by atoms with Crippen molar-refractivity contribution in [3.05, 3.63) is 30.1 Å². The predicted octanol–water partition coefficient (Wildman–Crippen LogP) is -0.665. The van der Waals surface area contributed by atoms with Crippen molar-refractivity contribution in [2.45, 2.75) is 37.4 Å². The molecule has 0 bridgehead atoms. The number of aromatic nitrogens is 1. The first-order valence-electron chi connectivity index (χ1n) is 6.85. The van der Waals surface area contributed by atoms with Gasteiger partial charge in [-0.2, -0.15) is 0 Å². The van der Waals surface area contributed by atoms with Gasteiger partial charge in [-0.1, -0.05) is 0 Å². The lowest BCUT2D eigenvalue weighted by Gasteiger charge is -2.37. The molecule has 4 unspecified atom stereocenters. The molecule has 122 valence electrons. The van der Waals surface area contributed by atoms with E-state index in [0.29, 0.717) is 12.0 Å². The molecule has 0 saturated carbocycles. The summed E-state index contributed by atoms with van der Waals surface area (Å²) in [4.78, 5) is 33.7. The van der Waals surface area contributed by atoms with E-state index in [2.05, 4.69) is 10.3 Å². The first-order chi connectivity index (χ1) is 10.5. The summed E-state index contributed by atoms with van der Waals surface area (Å²) in [6, 6.07) is 3.17. The molecule has 8 nitrogen and oxygen atoms in total. The molecule has 22 heavy (non-hydrogen) atoms. The van der Waals surface area contributed by atoms with E-state index in [9.17, 15) is 15.0 Å². The quantitative estimate of drug-likeness (QED) is 0.453. The minimum atomic E-state index is -2.04. The maximum absolute atomic E-state index is 12.0. The minimum Gasteiger partial charge on any atom is -0.390 e. The Bertz CT molecular complexity index is 489. The number of hydrogen-bond donors (Lipinski definition) is 5. The number of amides is 1. The van der Waals surface area contributed by atoms with Gasteiger partial charge in [0.25, 0.3) is 5.91 Å². The molecule has 2 heterocycles. The van der Waals surface area contributed by atoms with Crippen LogP contribution in [0, 0.1) is 0 Å². The molecule has 1 aliphatic heterocycles. The van der Waals surface area contributed by atoms with E-state index in [1.807, 2.05) is 0 Å². The maximum Gasteiger partial charge on any atom is 0.254 e. The van der Waals surface area contributed by atoms with Crippen molar-refractivity contribution in [1.82, 2.24) is 10.3 Å². The summed E-state index contributed by atoms with van der Waals surface area (Å²) in [7, 11) is -2.04. The highest BCUT2D eigenvalue weighted by Gasteiger charge is 2.37. The number of carbonyl (C=O) groups excluding carboxylic acids is 1. The number of rotatable bonds is 5. The summed E-state index contributed by atoms with van der Waals surface area (Å²) >= 11 is 0. The molecular formula is C13H19N2O6P. The highest BCUT2D eigenvalue weighted by atomic mass is 31.2. The van der Waals surface area contributed by atoms with E-state index in [1.165, 1.54) is 12.4 Å². The van der Waals surface area contributed by atoms with Crippen molar-refractivity contribution < 1.29 is 29.5 Å². The Morgan fingerprint density at radius 2 is 2.23 bits per heavy atom. The Labute approximate surface area is 128 Å². The predicted molar refractivity (Wildman–Crippen MR) is 77.8 cm³/mol. The standard InChI is InChI=1S/C13H19N2O6P/c16-10-6-9(3-5-22(19)20)21-13(11(10)17)15-12(18)8-2-1-4-14-7-8/h1-2,4,7,9-11,13,16-17,19-20H,3,5-6H2,(H,15,18). The summed E-state index contributed by atoms with van der Waals surface area (Å²) in [6.07, 6.45) is -0.291. The van der Waals surface area contributed by atoms with Gasteiger partial charge in [0.2, 0.25) is 0 Å². The van der Waals surface area contributed by atoms with Crippen LogP contribution in [-0.2, 0) is 4.74 Å². The van der Waals surface area contributed by atoms with Crippen molar-refractivity contribution in [2.75, 3.05) is 6.16 Å². The highest BCUT2D eigenvalue weighted by Crippen LogP contribution is 2.28. The summed E-state index contributed by atoms with van der Waals surface area (Å²) in [5.41, 5.74) is 0.309. The van der Waals surface area contributed by atoms with Crippen molar-refractivity contribution in [3.63, 3.8) is 0 Å². The van der Waals surface area contributed by atoms with Gasteiger partial charge in [0.1, 0.15) is 6.10 Å². The van der Waals surface area contributed by atoms with Crippen LogP contribution in [0.4, 0.5) is 0 Å². The van der Waals surface area contributed by atoms with Gasteiger partial charge in [0.15, 0.2) is 14.6 Å². The second-order valence-electron chi connectivity index (χ2n) is 5.07. The van der Waals surface area contributed by atoms with Gasteiger partial charge >= 0.3 is 0 Å². The second-order valence-corrected chi connectivity index (χ2v) is 6.26. The summed E-state index contributed by atoms with van der Waals surface area (Å²) in [6.45, 7) is 0. The number of aliphatic hydroxyl groups excluding tert-OH is 2. The van der Waals surface area contributed by atoms with Gasteiger partial charge in [0, 0.05) is 25.0 Å². The Morgan fingerprint density at radius 3 is 2.86 bits per heavy atom. The highest BCUT2D eigenvalue weighted by molar-refractivity contribution is 7.45. The second kappa shape index (κ2) is 7.92. The van der Waals surface area contributed by atoms with Gasteiger partial charge < -0.3 is 30.1 Å². The van der Waals surface area contributed by atoms with Crippen LogP contribution < -0.4 is 5.32 Å². The molecule has 1 amide bonds. The molecule has 1 aromatic rings. The third-order valence-electron chi connectivity index (χ3n) is 3.40. The van der Waals surface area contributed by atoms with Gasteiger partial charge in [-0.3, -0.25) is 9.78 Å². The largest absolute Gasteiger partial charge is 0.390 e. The first kappa shape index (κ1) is 17.2. The molecule has 9 heteroatoms. The lowest BCUT2D eigenvalue weighted by molar-refractivity contribution is -0.175. The fraction of sp³-hybridized carbons (Fsp3) is 0.538. The Morgan fingerprint density at radius 1 is 1.45 bits per heavy atom. The van der Waals surface area contributed by atoms with E-state index in [1.54, 1.807) is 12.1 Å². The molecular weight excluding hydrogens is 311 g/mol.